The van der Waals surface area contributed by atoms with Gasteiger partial charge < -0.3 is 34.6 Å². The molecule has 3 fully saturated rings. The SMILES string of the molecule is CCOc1ccc(CNc2nc(N3CC4CC4C3)ncc2C(=O)NC2CCC(OP(O)O)CC2)cc1C. The standard InChI is InChI=1S/C26H36N5O5P/c1-3-35-23-9-4-17(10-16(23)2)12-27-24-22(13-28-26(30-24)31-14-18-11-19(18)15-31)25(32)29-20-5-7-21(8-6-20)36-37(33)34/h4,9-10,13,18-21,33-34H,3,5-8,11-12,14-15H2,1-2H3,(H,29,32)(H,27,28,30). The van der Waals surface area contributed by atoms with Crippen LogP contribution in [0.15, 0.2) is 24.4 Å². The highest BCUT2D eigenvalue weighted by Gasteiger charge is 2.46. The summed E-state index contributed by atoms with van der Waals surface area (Å²) >= 11 is 0. The Morgan fingerprint density at radius 1 is 1.19 bits per heavy atom. The molecule has 4 N–H and O–H groups in total. The minimum atomic E-state index is -2.36. The van der Waals surface area contributed by atoms with Gasteiger partial charge in [0.15, 0.2) is 0 Å². The van der Waals surface area contributed by atoms with Crippen molar-refractivity contribution < 1.29 is 23.8 Å². The Bertz CT molecular complexity index is 1100. The molecule has 11 heteroatoms. The summed E-state index contributed by atoms with van der Waals surface area (Å²) in [5.41, 5.74) is 2.55. The molecule has 1 amide bonds. The van der Waals surface area contributed by atoms with Crippen LogP contribution in [0.3, 0.4) is 0 Å². The van der Waals surface area contributed by atoms with Crippen LogP contribution in [-0.4, -0.2) is 57.5 Å². The number of fused-ring (bicyclic) bond motifs is 1. The molecule has 0 spiro atoms. The third kappa shape index (κ3) is 6.49. The van der Waals surface area contributed by atoms with Crippen LogP contribution in [0.2, 0.25) is 0 Å². The van der Waals surface area contributed by atoms with E-state index >= 15 is 0 Å². The van der Waals surface area contributed by atoms with Crippen molar-refractivity contribution in [3.8, 4) is 5.75 Å². The summed E-state index contributed by atoms with van der Waals surface area (Å²) in [6.07, 6.45) is 5.50. The Balaban J connectivity index is 1.28. The second-order valence-electron chi connectivity index (χ2n) is 10.3. The highest BCUT2D eigenvalue weighted by atomic mass is 31.2. The number of ether oxygens (including phenoxy) is 1. The normalized spacial score (nSPS) is 24.6. The maximum Gasteiger partial charge on any atom is 0.327 e. The van der Waals surface area contributed by atoms with E-state index in [1.54, 1.807) is 6.20 Å². The maximum atomic E-state index is 13.3. The van der Waals surface area contributed by atoms with Gasteiger partial charge in [0, 0.05) is 31.9 Å². The summed E-state index contributed by atoms with van der Waals surface area (Å²) in [7, 11) is -2.36. The Morgan fingerprint density at radius 2 is 1.95 bits per heavy atom. The van der Waals surface area contributed by atoms with E-state index in [2.05, 4.69) is 26.6 Å². The number of nitrogens with zero attached hydrogens (tertiary/aromatic N) is 3. The molecule has 1 aromatic heterocycles. The number of aryl methyl sites for hydroxylation is 1. The molecule has 5 rings (SSSR count). The summed E-state index contributed by atoms with van der Waals surface area (Å²) in [5.74, 6) is 3.36. The fourth-order valence-corrected chi connectivity index (χ4v) is 5.90. The lowest BCUT2D eigenvalue weighted by atomic mass is 9.93. The van der Waals surface area contributed by atoms with Crippen molar-refractivity contribution in [3.63, 3.8) is 0 Å². The average Bonchev–Trinajstić information content (AvgIpc) is 3.49. The number of hydrogen-bond donors (Lipinski definition) is 4. The lowest BCUT2D eigenvalue weighted by molar-refractivity contribution is 0.0878. The van der Waals surface area contributed by atoms with E-state index in [4.69, 9.17) is 24.0 Å². The van der Waals surface area contributed by atoms with Crippen molar-refractivity contribution in [1.82, 2.24) is 15.3 Å². The maximum absolute atomic E-state index is 13.3. The number of amides is 1. The number of carbonyl (C=O) groups excluding carboxylic acids is 1. The van der Waals surface area contributed by atoms with Gasteiger partial charge in [-0.1, -0.05) is 12.1 Å². The summed E-state index contributed by atoms with van der Waals surface area (Å²) in [4.78, 5) is 43.1. The molecule has 3 aliphatic rings. The first kappa shape index (κ1) is 26.1. The van der Waals surface area contributed by atoms with Crippen LogP contribution in [0.5, 0.6) is 5.75 Å². The number of piperidine rings is 1. The van der Waals surface area contributed by atoms with E-state index in [1.807, 2.05) is 26.0 Å². The Labute approximate surface area is 218 Å². The molecule has 0 bridgehead atoms. The summed E-state index contributed by atoms with van der Waals surface area (Å²) < 4.78 is 10.8. The van der Waals surface area contributed by atoms with Crippen molar-refractivity contribution in [2.24, 2.45) is 11.8 Å². The Kier molecular flexibility index (Phi) is 8.09. The third-order valence-electron chi connectivity index (χ3n) is 7.53. The number of anilines is 2. The van der Waals surface area contributed by atoms with Crippen LogP contribution in [-0.2, 0) is 11.1 Å². The van der Waals surface area contributed by atoms with Crippen molar-refractivity contribution in [2.75, 3.05) is 29.9 Å². The minimum absolute atomic E-state index is 0.0112. The van der Waals surface area contributed by atoms with E-state index in [-0.39, 0.29) is 18.1 Å². The van der Waals surface area contributed by atoms with E-state index in [9.17, 15) is 4.79 Å². The molecule has 2 heterocycles. The molecule has 0 radical (unpaired) electrons. The van der Waals surface area contributed by atoms with E-state index < -0.39 is 8.60 Å². The smallest absolute Gasteiger partial charge is 0.327 e. The predicted octanol–water partition coefficient (Wildman–Crippen LogP) is 3.52. The van der Waals surface area contributed by atoms with Gasteiger partial charge in [-0.15, -0.1) is 0 Å². The van der Waals surface area contributed by atoms with Crippen LogP contribution in [0.25, 0.3) is 0 Å². The molecule has 2 aromatic rings. The van der Waals surface area contributed by atoms with Gasteiger partial charge in [-0.3, -0.25) is 4.79 Å². The Hall–Kier alpha value is -2.52. The highest BCUT2D eigenvalue weighted by molar-refractivity contribution is 7.39. The van der Waals surface area contributed by atoms with Gasteiger partial charge in [0.25, 0.3) is 5.91 Å². The molecule has 1 aliphatic heterocycles. The lowest BCUT2D eigenvalue weighted by Gasteiger charge is -2.29. The molecule has 10 nitrogen and oxygen atoms in total. The van der Waals surface area contributed by atoms with Crippen molar-refractivity contribution in [2.45, 2.75) is 64.6 Å². The lowest BCUT2D eigenvalue weighted by Crippen LogP contribution is -2.39. The van der Waals surface area contributed by atoms with E-state index in [0.717, 1.165) is 41.8 Å². The van der Waals surface area contributed by atoms with Gasteiger partial charge in [0.2, 0.25) is 5.95 Å². The molecule has 2 unspecified atom stereocenters. The average molecular weight is 530 g/mol. The monoisotopic (exact) mass is 529 g/mol. The van der Waals surface area contributed by atoms with Crippen molar-refractivity contribution >= 4 is 26.3 Å². The molecular formula is C26H36N5O5P. The summed E-state index contributed by atoms with van der Waals surface area (Å²) in [6, 6.07) is 6.07. The fourth-order valence-electron chi connectivity index (χ4n) is 5.42. The molecule has 2 saturated carbocycles. The van der Waals surface area contributed by atoms with Crippen LogP contribution in [0.4, 0.5) is 11.8 Å². The van der Waals surface area contributed by atoms with Gasteiger partial charge in [-0.25, -0.2) is 4.98 Å². The first-order valence-corrected chi connectivity index (χ1v) is 14.3. The van der Waals surface area contributed by atoms with Crippen LogP contribution >= 0.6 is 8.60 Å². The van der Waals surface area contributed by atoms with Crippen LogP contribution < -0.4 is 20.3 Å². The van der Waals surface area contributed by atoms with Crippen molar-refractivity contribution in [1.29, 1.82) is 0 Å². The molecule has 37 heavy (non-hydrogen) atoms. The quantitative estimate of drug-likeness (QED) is 0.342. The number of hydrogen-bond acceptors (Lipinski definition) is 9. The number of benzene rings is 1. The largest absolute Gasteiger partial charge is 0.494 e. The highest BCUT2D eigenvalue weighted by Crippen LogP contribution is 2.45. The van der Waals surface area contributed by atoms with Crippen LogP contribution in [0.1, 0.15) is 60.5 Å². The Morgan fingerprint density at radius 3 is 2.62 bits per heavy atom. The van der Waals surface area contributed by atoms with Gasteiger partial charge in [-0.05, 0) is 75.0 Å². The van der Waals surface area contributed by atoms with E-state index in [0.29, 0.717) is 56.2 Å². The molecule has 200 valence electrons. The van der Waals surface area contributed by atoms with Gasteiger partial charge in [0.05, 0.1) is 12.7 Å². The number of carbonyl (C=O) groups is 1. The zero-order valence-electron chi connectivity index (χ0n) is 21.4. The van der Waals surface area contributed by atoms with Crippen LogP contribution in [0, 0.1) is 18.8 Å². The summed E-state index contributed by atoms with van der Waals surface area (Å²) in [6.45, 7) is 7.08. The summed E-state index contributed by atoms with van der Waals surface area (Å²) in [5, 5.41) is 6.51. The van der Waals surface area contributed by atoms with Gasteiger partial charge >= 0.3 is 8.60 Å². The first-order valence-electron chi connectivity index (χ1n) is 13.1. The molecule has 1 aromatic carbocycles. The molecule has 1 saturated heterocycles. The van der Waals surface area contributed by atoms with Crippen molar-refractivity contribution in [3.05, 3.63) is 41.1 Å². The van der Waals surface area contributed by atoms with Gasteiger partial charge in [0.1, 0.15) is 17.1 Å². The first-order chi connectivity index (χ1) is 17.9. The third-order valence-corrected chi connectivity index (χ3v) is 8.02. The van der Waals surface area contributed by atoms with E-state index in [1.165, 1.54) is 6.42 Å². The predicted molar refractivity (Wildman–Crippen MR) is 141 cm³/mol. The number of aromatic nitrogens is 2. The zero-order chi connectivity index (χ0) is 25.9. The number of nitrogens with one attached hydrogen (secondary N) is 2. The number of rotatable bonds is 10. The van der Waals surface area contributed by atoms with Gasteiger partial charge in [-0.2, -0.15) is 4.98 Å². The second kappa shape index (κ2) is 11.5. The molecular weight excluding hydrogens is 493 g/mol. The minimum Gasteiger partial charge on any atom is -0.494 e. The fraction of sp³-hybridized carbons (Fsp3) is 0.577. The topological polar surface area (TPSA) is 129 Å². The second-order valence-corrected chi connectivity index (χ2v) is 11.0. The molecule has 2 atom stereocenters. The molecule has 2 aliphatic carbocycles. The zero-order valence-corrected chi connectivity index (χ0v) is 22.3.